The highest BCUT2D eigenvalue weighted by atomic mass is 16.5. The van der Waals surface area contributed by atoms with Gasteiger partial charge in [-0.15, -0.1) is 0 Å². The van der Waals surface area contributed by atoms with Crippen molar-refractivity contribution in [3.05, 3.63) is 35.0 Å². The summed E-state index contributed by atoms with van der Waals surface area (Å²) in [4.78, 5) is 15.5. The number of nitrogens with zero attached hydrogens (tertiary/aromatic N) is 1. The summed E-state index contributed by atoms with van der Waals surface area (Å²) in [7, 11) is 0. The Balaban J connectivity index is 2.32. The molecule has 0 saturated heterocycles. The van der Waals surface area contributed by atoms with Crippen LogP contribution in [0.25, 0.3) is 10.9 Å². The van der Waals surface area contributed by atoms with E-state index in [9.17, 15) is 4.79 Å². The molecule has 0 saturated carbocycles. The Morgan fingerprint density at radius 2 is 2.28 bits per heavy atom. The molecule has 1 aliphatic heterocycles. The van der Waals surface area contributed by atoms with E-state index in [4.69, 9.17) is 9.84 Å². The fourth-order valence-electron chi connectivity index (χ4n) is 2.43. The Labute approximate surface area is 104 Å². The lowest BCUT2D eigenvalue weighted by atomic mass is 10.0. The number of benzene rings is 1. The second-order valence-corrected chi connectivity index (χ2v) is 4.67. The van der Waals surface area contributed by atoms with Crippen molar-refractivity contribution in [3.63, 3.8) is 0 Å². The first-order chi connectivity index (χ1) is 8.56. The SMILES string of the molecule is Cc1nc2ccc(C(=O)O)cc2c2c1C[C@H](C)O2. The molecule has 0 amide bonds. The first kappa shape index (κ1) is 11.0. The van der Waals surface area contributed by atoms with E-state index in [2.05, 4.69) is 4.98 Å². The van der Waals surface area contributed by atoms with Gasteiger partial charge in [-0.3, -0.25) is 4.98 Å². The molecule has 1 aromatic carbocycles. The van der Waals surface area contributed by atoms with Gasteiger partial charge in [0.1, 0.15) is 11.9 Å². The van der Waals surface area contributed by atoms with Crippen molar-refractivity contribution in [2.24, 2.45) is 0 Å². The average Bonchev–Trinajstić information content (AvgIpc) is 2.71. The van der Waals surface area contributed by atoms with Gasteiger partial charge in [0, 0.05) is 23.1 Å². The van der Waals surface area contributed by atoms with Crippen LogP contribution in [-0.4, -0.2) is 22.2 Å². The lowest BCUT2D eigenvalue weighted by Gasteiger charge is -2.08. The molecule has 0 spiro atoms. The zero-order valence-corrected chi connectivity index (χ0v) is 10.2. The van der Waals surface area contributed by atoms with Crippen molar-refractivity contribution in [2.45, 2.75) is 26.4 Å². The molecule has 0 aliphatic carbocycles. The van der Waals surface area contributed by atoms with E-state index in [1.54, 1.807) is 18.2 Å². The van der Waals surface area contributed by atoms with E-state index in [0.29, 0.717) is 0 Å². The Morgan fingerprint density at radius 3 is 3.00 bits per heavy atom. The topological polar surface area (TPSA) is 59.4 Å². The predicted octanol–water partition coefficient (Wildman–Crippen LogP) is 2.56. The first-order valence-electron chi connectivity index (χ1n) is 5.89. The number of ether oxygens (including phenoxy) is 1. The Hall–Kier alpha value is -2.10. The highest BCUT2D eigenvalue weighted by Gasteiger charge is 2.24. The van der Waals surface area contributed by atoms with Gasteiger partial charge in [0.25, 0.3) is 0 Å². The van der Waals surface area contributed by atoms with E-state index in [1.165, 1.54) is 0 Å². The van der Waals surface area contributed by atoms with Gasteiger partial charge in [-0.05, 0) is 32.0 Å². The van der Waals surface area contributed by atoms with E-state index in [0.717, 1.165) is 34.3 Å². The quantitative estimate of drug-likeness (QED) is 0.836. The number of carboxylic acids is 1. The number of aryl methyl sites for hydroxylation is 1. The molecule has 0 unspecified atom stereocenters. The van der Waals surface area contributed by atoms with Crippen LogP contribution in [-0.2, 0) is 6.42 Å². The number of aromatic nitrogens is 1. The van der Waals surface area contributed by atoms with Crippen molar-refractivity contribution in [2.75, 3.05) is 0 Å². The molecular formula is C14H13NO3. The summed E-state index contributed by atoms with van der Waals surface area (Å²) >= 11 is 0. The van der Waals surface area contributed by atoms with E-state index < -0.39 is 5.97 Å². The van der Waals surface area contributed by atoms with Crippen LogP contribution >= 0.6 is 0 Å². The highest BCUT2D eigenvalue weighted by molar-refractivity contribution is 5.96. The van der Waals surface area contributed by atoms with Crippen LogP contribution in [0.1, 0.15) is 28.5 Å². The second kappa shape index (κ2) is 3.70. The van der Waals surface area contributed by atoms with Crippen molar-refractivity contribution in [1.82, 2.24) is 4.98 Å². The number of rotatable bonds is 1. The minimum Gasteiger partial charge on any atom is -0.489 e. The van der Waals surface area contributed by atoms with Crippen LogP contribution in [0, 0.1) is 6.92 Å². The van der Waals surface area contributed by atoms with Crippen LogP contribution in [0.5, 0.6) is 5.75 Å². The summed E-state index contributed by atoms with van der Waals surface area (Å²) in [6.07, 6.45) is 0.959. The van der Waals surface area contributed by atoms with Gasteiger partial charge >= 0.3 is 5.97 Å². The van der Waals surface area contributed by atoms with Crippen molar-refractivity contribution < 1.29 is 14.6 Å². The molecule has 18 heavy (non-hydrogen) atoms. The zero-order valence-electron chi connectivity index (χ0n) is 10.2. The molecule has 1 aliphatic rings. The molecular weight excluding hydrogens is 230 g/mol. The summed E-state index contributed by atoms with van der Waals surface area (Å²) < 4.78 is 5.80. The molecule has 92 valence electrons. The normalized spacial score (nSPS) is 17.6. The number of carboxylic acid groups (broad SMARTS) is 1. The molecule has 0 fully saturated rings. The fraction of sp³-hybridized carbons (Fsp3) is 0.286. The third-order valence-corrected chi connectivity index (χ3v) is 3.30. The summed E-state index contributed by atoms with van der Waals surface area (Å²) in [6, 6.07) is 4.95. The summed E-state index contributed by atoms with van der Waals surface area (Å²) in [5.74, 6) is -0.134. The molecule has 1 N–H and O–H groups in total. The lowest BCUT2D eigenvalue weighted by Crippen LogP contribution is -2.05. The van der Waals surface area contributed by atoms with Gasteiger partial charge in [0.15, 0.2) is 0 Å². The molecule has 4 nitrogen and oxygen atoms in total. The Bertz CT molecular complexity index is 664. The molecule has 1 atom stereocenters. The van der Waals surface area contributed by atoms with Gasteiger partial charge in [-0.25, -0.2) is 4.79 Å². The van der Waals surface area contributed by atoms with Crippen molar-refractivity contribution in [1.29, 1.82) is 0 Å². The number of hydrogen-bond donors (Lipinski definition) is 1. The third kappa shape index (κ3) is 1.53. The number of carbonyl (C=O) groups is 1. The van der Waals surface area contributed by atoms with Crippen LogP contribution in [0.3, 0.4) is 0 Å². The average molecular weight is 243 g/mol. The minimum atomic E-state index is -0.933. The molecule has 2 heterocycles. The standard InChI is InChI=1S/C14H13NO3/c1-7-5-10-8(2)15-12-4-3-9(14(16)17)6-11(12)13(10)18-7/h3-4,6-7H,5H2,1-2H3,(H,16,17)/t7-/m0/s1. The number of fused-ring (bicyclic) bond motifs is 3. The van der Waals surface area contributed by atoms with E-state index in [1.807, 2.05) is 13.8 Å². The lowest BCUT2D eigenvalue weighted by molar-refractivity contribution is 0.0697. The van der Waals surface area contributed by atoms with Gasteiger partial charge < -0.3 is 9.84 Å². The zero-order chi connectivity index (χ0) is 12.9. The molecule has 0 bridgehead atoms. The molecule has 4 heteroatoms. The highest BCUT2D eigenvalue weighted by Crippen LogP contribution is 2.37. The van der Waals surface area contributed by atoms with Crippen LogP contribution in [0.2, 0.25) is 0 Å². The van der Waals surface area contributed by atoms with Gasteiger partial charge in [0.2, 0.25) is 0 Å². The Kier molecular flexibility index (Phi) is 2.26. The fourth-order valence-corrected chi connectivity index (χ4v) is 2.43. The number of hydrogen-bond acceptors (Lipinski definition) is 3. The minimum absolute atomic E-state index is 0.125. The van der Waals surface area contributed by atoms with E-state index in [-0.39, 0.29) is 11.7 Å². The molecule has 3 rings (SSSR count). The van der Waals surface area contributed by atoms with Crippen LogP contribution < -0.4 is 4.74 Å². The number of pyridine rings is 1. The van der Waals surface area contributed by atoms with Crippen molar-refractivity contribution >= 4 is 16.9 Å². The first-order valence-corrected chi connectivity index (χ1v) is 5.89. The van der Waals surface area contributed by atoms with Crippen molar-refractivity contribution in [3.8, 4) is 5.75 Å². The number of aromatic carboxylic acids is 1. The maximum absolute atomic E-state index is 11.0. The monoisotopic (exact) mass is 243 g/mol. The summed E-state index contributed by atoms with van der Waals surface area (Å²) in [6.45, 7) is 3.97. The second-order valence-electron chi connectivity index (χ2n) is 4.67. The summed E-state index contributed by atoms with van der Waals surface area (Å²) in [5, 5.41) is 9.83. The largest absolute Gasteiger partial charge is 0.489 e. The molecule has 2 aromatic rings. The maximum Gasteiger partial charge on any atom is 0.335 e. The van der Waals surface area contributed by atoms with Crippen LogP contribution in [0.15, 0.2) is 18.2 Å². The van der Waals surface area contributed by atoms with E-state index >= 15 is 0 Å². The maximum atomic E-state index is 11.0. The molecule has 1 aromatic heterocycles. The predicted molar refractivity (Wildman–Crippen MR) is 67.2 cm³/mol. The van der Waals surface area contributed by atoms with Gasteiger partial charge in [0.05, 0.1) is 11.1 Å². The smallest absolute Gasteiger partial charge is 0.335 e. The van der Waals surface area contributed by atoms with Gasteiger partial charge in [-0.1, -0.05) is 0 Å². The third-order valence-electron chi connectivity index (χ3n) is 3.30. The van der Waals surface area contributed by atoms with Gasteiger partial charge in [-0.2, -0.15) is 0 Å². The molecule has 0 radical (unpaired) electrons. The Morgan fingerprint density at radius 1 is 1.50 bits per heavy atom. The summed E-state index contributed by atoms with van der Waals surface area (Å²) in [5.41, 5.74) is 3.10. The van der Waals surface area contributed by atoms with Crippen LogP contribution in [0.4, 0.5) is 0 Å².